The minimum atomic E-state index is -0.834. The van der Waals surface area contributed by atoms with Crippen molar-refractivity contribution < 1.29 is 9.90 Å². The third kappa shape index (κ3) is 2.39. The average Bonchev–Trinajstić information content (AvgIpc) is 2.76. The van der Waals surface area contributed by atoms with E-state index < -0.39 is 5.97 Å². The lowest BCUT2D eigenvalue weighted by molar-refractivity contribution is -0.137. The van der Waals surface area contributed by atoms with Crippen LogP contribution in [0.3, 0.4) is 0 Å². The summed E-state index contributed by atoms with van der Waals surface area (Å²) >= 11 is 6.12. The van der Waals surface area contributed by atoms with Crippen LogP contribution in [0.1, 0.15) is 24.8 Å². The number of hydrogen-bond donors (Lipinski definition) is 1. The molecule has 6 heteroatoms. The topological polar surface area (TPSA) is 77.2 Å². The van der Waals surface area contributed by atoms with Crippen molar-refractivity contribution in [1.29, 1.82) is 5.26 Å². The molecule has 0 aliphatic carbocycles. The van der Waals surface area contributed by atoms with Gasteiger partial charge in [-0.2, -0.15) is 5.26 Å². The summed E-state index contributed by atoms with van der Waals surface area (Å²) in [5.41, 5.74) is 0.364. The monoisotopic (exact) mass is 265 g/mol. The molecular weight excluding hydrogens is 254 g/mol. The molecule has 1 aromatic rings. The molecule has 5 nitrogen and oxygen atoms in total. The molecule has 1 aliphatic rings. The Labute approximate surface area is 110 Å². The standard InChI is InChI=1S/C12H12ClN3O2/c13-11-8(7-14)3-4-15-12(11)16-5-1-2-9(16)6-10(17)18/h3-4,9H,1-2,5-6H2,(H,17,18). The second kappa shape index (κ2) is 5.23. The van der Waals surface area contributed by atoms with Gasteiger partial charge < -0.3 is 10.0 Å². The molecule has 0 aromatic carbocycles. The predicted molar refractivity (Wildman–Crippen MR) is 66.6 cm³/mol. The number of rotatable bonds is 3. The van der Waals surface area contributed by atoms with Crippen LogP contribution in [0, 0.1) is 11.3 Å². The molecule has 0 radical (unpaired) electrons. The summed E-state index contributed by atoms with van der Waals surface area (Å²) in [6.45, 7) is 0.722. The van der Waals surface area contributed by atoms with Crippen molar-refractivity contribution in [2.75, 3.05) is 11.4 Å². The highest BCUT2D eigenvalue weighted by molar-refractivity contribution is 6.34. The number of carboxylic acids is 1. The van der Waals surface area contributed by atoms with Crippen LogP contribution in [0.15, 0.2) is 12.3 Å². The summed E-state index contributed by atoms with van der Waals surface area (Å²) in [7, 11) is 0. The fourth-order valence-electron chi connectivity index (χ4n) is 2.25. The van der Waals surface area contributed by atoms with Crippen LogP contribution in [0.2, 0.25) is 5.02 Å². The molecule has 1 unspecified atom stereocenters. The van der Waals surface area contributed by atoms with Crippen molar-refractivity contribution in [3.8, 4) is 6.07 Å². The van der Waals surface area contributed by atoms with Crippen LogP contribution in [-0.2, 0) is 4.79 Å². The van der Waals surface area contributed by atoms with Gasteiger partial charge in [-0.05, 0) is 18.9 Å². The molecule has 0 bridgehead atoms. The number of nitriles is 1. The molecule has 0 spiro atoms. The molecule has 1 atom stereocenters. The van der Waals surface area contributed by atoms with Gasteiger partial charge in [-0.1, -0.05) is 11.6 Å². The lowest BCUT2D eigenvalue weighted by Crippen LogP contribution is -2.32. The lowest BCUT2D eigenvalue weighted by Gasteiger charge is -2.25. The Morgan fingerprint density at radius 1 is 1.72 bits per heavy atom. The molecule has 94 valence electrons. The maximum Gasteiger partial charge on any atom is 0.305 e. The molecule has 0 amide bonds. The smallest absolute Gasteiger partial charge is 0.305 e. The minimum absolute atomic E-state index is 0.0643. The zero-order chi connectivity index (χ0) is 13.1. The molecule has 0 saturated carbocycles. The van der Waals surface area contributed by atoms with Gasteiger partial charge in [-0.3, -0.25) is 4.79 Å². The summed E-state index contributed by atoms with van der Waals surface area (Å²) in [5, 5.41) is 18.1. The highest BCUT2D eigenvalue weighted by Gasteiger charge is 2.29. The third-order valence-electron chi connectivity index (χ3n) is 3.05. The fraction of sp³-hybridized carbons (Fsp3) is 0.417. The van der Waals surface area contributed by atoms with Crippen LogP contribution < -0.4 is 4.90 Å². The second-order valence-corrected chi connectivity index (χ2v) is 4.57. The van der Waals surface area contributed by atoms with E-state index in [0.29, 0.717) is 16.4 Å². The third-order valence-corrected chi connectivity index (χ3v) is 3.42. The summed E-state index contributed by atoms with van der Waals surface area (Å²) in [6.07, 6.45) is 3.30. The first-order chi connectivity index (χ1) is 8.63. The van der Waals surface area contributed by atoms with E-state index in [-0.39, 0.29) is 12.5 Å². The van der Waals surface area contributed by atoms with Gasteiger partial charge in [-0.25, -0.2) is 4.98 Å². The molecule has 1 saturated heterocycles. The number of aliphatic carboxylic acids is 1. The van der Waals surface area contributed by atoms with Crippen molar-refractivity contribution in [3.05, 3.63) is 22.8 Å². The fourth-order valence-corrected chi connectivity index (χ4v) is 2.51. The SMILES string of the molecule is N#Cc1ccnc(N2CCCC2CC(=O)O)c1Cl. The van der Waals surface area contributed by atoms with Gasteiger partial charge in [-0.15, -0.1) is 0 Å². The summed E-state index contributed by atoms with van der Waals surface area (Å²) < 4.78 is 0. The van der Waals surface area contributed by atoms with Gasteiger partial charge in [0.2, 0.25) is 0 Å². The predicted octanol–water partition coefficient (Wildman–Crippen LogP) is 2.05. The number of pyridine rings is 1. The van der Waals surface area contributed by atoms with Gasteiger partial charge in [0, 0.05) is 18.8 Å². The van der Waals surface area contributed by atoms with Crippen molar-refractivity contribution in [1.82, 2.24) is 4.98 Å². The normalized spacial score (nSPS) is 18.7. The maximum absolute atomic E-state index is 10.8. The molecule has 1 N–H and O–H groups in total. The van der Waals surface area contributed by atoms with Gasteiger partial charge in [0.25, 0.3) is 0 Å². The summed E-state index contributed by atoms with van der Waals surface area (Å²) in [6, 6.07) is 3.45. The molecule has 1 aliphatic heterocycles. The first kappa shape index (κ1) is 12.7. The van der Waals surface area contributed by atoms with Crippen LogP contribution >= 0.6 is 11.6 Å². The van der Waals surface area contributed by atoms with Crippen LogP contribution in [0.25, 0.3) is 0 Å². The summed E-state index contributed by atoms with van der Waals surface area (Å²) in [4.78, 5) is 16.9. The van der Waals surface area contributed by atoms with Crippen molar-refractivity contribution in [3.63, 3.8) is 0 Å². The number of halogens is 1. The number of carboxylic acid groups (broad SMARTS) is 1. The van der Waals surface area contributed by atoms with Gasteiger partial charge in [0.05, 0.1) is 12.0 Å². The number of aromatic nitrogens is 1. The molecule has 18 heavy (non-hydrogen) atoms. The van der Waals surface area contributed by atoms with E-state index in [0.717, 1.165) is 19.4 Å². The van der Waals surface area contributed by atoms with Crippen LogP contribution in [0.5, 0.6) is 0 Å². The highest BCUT2D eigenvalue weighted by Crippen LogP contribution is 2.32. The van der Waals surface area contributed by atoms with E-state index in [1.165, 1.54) is 6.20 Å². The van der Waals surface area contributed by atoms with Crippen LogP contribution in [0.4, 0.5) is 5.82 Å². The van der Waals surface area contributed by atoms with Crippen molar-refractivity contribution >= 4 is 23.4 Å². The van der Waals surface area contributed by atoms with Gasteiger partial charge in [0.15, 0.2) is 0 Å². The van der Waals surface area contributed by atoms with E-state index in [9.17, 15) is 4.79 Å². The average molecular weight is 266 g/mol. The maximum atomic E-state index is 10.8. The minimum Gasteiger partial charge on any atom is -0.481 e. The number of carbonyl (C=O) groups is 1. The van der Waals surface area contributed by atoms with E-state index in [1.807, 2.05) is 11.0 Å². The van der Waals surface area contributed by atoms with Gasteiger partial charge >= 0.3 is 5.97 Å². The van der Waals surface area contributed by atoms with E-state index in [1.54, 1.807) is 6.07 Å². The number of anilines is 1. The quantitative estimate of drug-likeness (QED) is 0.905. The largest absolute Gasteiger partial charge is 0.481 e. The Morgan fingerprint density at radius 2 is 2.50 bits per heavy atom. The Morgan fingerprint density at radius 3 is 3.17 bits per heavy atom. The highest BCUT2D eigenvalue weighted by atomic mass is 35.5. The van der Waals surface area contributed by atoms with E-state index in [4.69, 9.17) is 22.0 Å². The van der Waals surface area contributed by atoms with Crippen molar-refractivity contribution in [2.24, 2.45) is 0 Å². The lowest BCUT2D eigenvalue weighted by atomic mass is 10.1. The second-order valence-electron chi connectivity index (χ2n) is 4.20. The Kier molecular flexibility index (Phi) is 3.68. The molecule has 2 rings (SSSR count). The van der Waals surface area contributed by atoms with Crippen LogP contribution in [-0.4, -0.2) is 28.6 Å². The van der Waals surface area contributed by atoms with Gasteiger partial charge in [0.1, 0.15) is 16.9 Å². The molecular formula is C12H12ClN3O2. The Hall–Kier alpha value is -1.80. The number of hydrogen-bond acceptors (Lipinski definition) is 4. The molecule has 1 aromatic heterocycles. The summed E-state index contributed by atoms with van der Waals surface area (Å²) in [5.74, 6) is -0.320. The Balaban J connectivity index is 2.31. The zero-order valence-electron chi connectivity index (χ0n) is 9.64. The first-order valence-electron chi connectivity index (χ1n) is 5.66. The Bertz CT molecular complexity index is 513. The van der Waals surface area contributed by atoms with E-state index in [2.05, 4.69) is 4.98 Å². The number of nitrogens with zero attached hydrogens (tertiary/aromatic N) is 3. The molecule has 2 heterocycles. The molecule has 1 fully saturated rings. The van der Waals surface area contributed by atoms with Crippen molar-refractivity contribution in [2.45, 2.75) is 25.3 Å². The van der Waals surface area contributed by atoms with E-state index >= 15 is 0 Å². The zero-order valence-corrected chi connectivity index (χ0v) is 10.4. The first-order valence-corrected chi connectivity index (χ1v) is 6.04.